The standard InChI is InChI=1S/C24H26ClN3O6/c1-3-13-33-28-20(23-27-26-22(34-23)17-7-9-18(25)10-8-17)15-32-19-11-5-16(6-12-19)14-21(24(29)30)31-4-2/h5-12,21H,3-4,13-15H2,1-2H3,(H,29,30)/b28-20+. The van der Waals surface area contributed by atoms with Crippen LogP contribution in [0, 0.1) is 0 Å². The van der Waals surface area contributed by atoms with Gasteiger partial charge in [0, 0.05) is 23.6 Å². The zero-order chi connectivity index (χ0) is 24.3. The van der Waals surface area contributed by atoms with Gasteiger partial charge in [-0.05, 0) is 55.3 Å². The highest BCUT2D eigenvalue weighted by Crippen LogP contribution is 2.21. The quantitative estimate of drug-likeness (QED) is 0.211. The molecule has 3 rings (SSSR count). The van der Waals surface area contributed by atoms with E-state index in [-0.39, 0.29) is 18.9 Å². The zero-order valence-corrected chi connectivity index (χ0v) is 19.7. The van der Waals surface area contributed by atoms with Gasteiger partial charge in [0.1, 0.15) is 19.0 Å². The number of carboxylic acid groups (broad SMARTS) is 1. The van der Waals surface area contributed by atoms with Crippen molar-refractivity contribution in [1.82, 2.24) is 10.2 Å². The van der Waals surface area contributed by atoms with Crippen molar-refractivity contribution in [1.29, 1.82) is 0 Å². The molecular formula is C24H26ClN3O6. The second kappa shape index (κ2) is 12.7. The van der Waals surface area contributed by atoms with E-state index >= 15 is 0 Å². The van der Waals surface area contributed by atoms with Gasteiger partial charge in [-0.15, -0.1) is 10.2 Å². The van der Waals surface area contributed by atoms with Crippen molar-refractivity contribution in [2.24, 2.45) is 5.16 Å². The molecule has 1 atom stereocenters. The summed E-state index contributed by atoms with van der Waals surface area (Å²) in [6.07, 6.45) is 0.160. The van der Waals surface area contributed by atoms with Crippen LogP contribution in [0.5, 0.6) is 5.75 Å². The van der Waals surface area contributed by atoms with Gasteiger partial charge in [0.25, 0.3) is 5.89 Å². The number of ether oxygens (including phenoxy) is 2. The zero-order valence-electron chi connectivity index (χ0n) is 18.9. The number of carbonyl (C=O) groups is 1. The molecule has 0 fully saturated rings. The van der Waals surface area contributed by atoms with E-state index in [0.717, 1.165) is 17.5 Å². The molecule has 10 heteroatoms. The maximum Gasteiger partial charge on any atom is 0.333 e. The smallest absolute Gasteiger partial charge is 0.333 e. The predicted octanol–water partition coefficient (Wildman–Crippen LogP) is 4.63. The van der Waals surface area contributed by atoms with Crippen LogP contribution in [0.3, 0.4) is 0 Å². The van der Waals surface area contributed by atoms with E-state index in [1.807, 2.05) is 6.92 Å². The minimum absolute atomic E-state index is 0.0298. The SMILES string of the molecule is CCCO/N=C(\COc1ccc(CC(OCC)C(=O)O)cc1)c1nnc(-c2ccc(Cl)cc2)o1. The summed E-state index contributed by atoms with van der Waals surface area (Å²) in [5.74, 6) is 0.0699. The molecule has 0 saturated carbocycles. The van der Waals surface area contributed by atoms with E-state index < -0.39 is 12.1 Å². The number of carboxylic acids is 1. The van der Waals surface area contributed by atoms with Crippen molar-refractivity contribution in [3.8, 4) is 17.2 Å². The first kappa shape index (κ1) is 25.2. The van der Waals surface area contributed by atoms with Gasteiger partial charge in [-0.2, -0.15) is 0 Å². The van der Waals surface area contributed by atoms with Crippen molar-refractivity contribution < 1.29 is 28.6 Å². The number of hydrogen-bond acceptors (Lipinski definition) is 8. The van der Waals surface area contributed by atoms with Gasteiger partial charge in [0.2, 0.25) is 5.89 Å². The molecule has 2 aromatic carbocycles. The molecule has 0 radical (unpaired) electrons. The number of aromatic nitrogens is 2. The molecule has 0 spiro atoms. The summed E-state index contributed by atoms with van der Waals surface area (Å²) in [6.45, 7) is 4.52. The van der Waals surface area contributed by atoms with Gasteiger partial charge < -0.3 is 23.8 Å². The Hall–Kier alpha value is -3.43. The highest BCUT2D eigenvalue weighted by atomic mass is 35.5. The van der Waals surface area contributed by atoms with E-state index in [4.69, 9.17) is 30.3 Å². The molecule has 0 amide bonds. The Morgan fingerprint density at radius 3 is 2.50 bits per heavy atom. The van der Waals surface area contributed by atoms with Crippen molar-refractivity contribution in [3.05, 3.63) is 65.0 Å². The fourth-order valence-electron chi connectivity index (χ4n) is 2.90. The number of hydrogen-bond donors (Lipinski definition) is 1. The third kappa shape index (κ3) is 7.29. The summed E-state index contributed by atoms with van der Waals surface area (Å²) in [4.78, 5) is 16.6. The van der Waals surface area contributed by atoms with Gasteiger partial charge in [0.15, 0.2) is 11.8 Å². The van der Waals surface area contributed by atoms with Crippen LogP contribution in [0.4, 0.5) is 0 Å². The van der Waals surface area contributed by atoms with Crippen LogP contribution in [-0.2, 0) is 20.8 Å². The number of nitrogens with zero attached hydrogens (tertiary/aromatic N) is 3. The van der Waals surface area contributed by atoms with E-state index in [2.05, 4.69) is 15.4 Å². The van der Waals surface area contributed by atoms with Crippen molar-refractivity contribution in [2.75, 3.05) is 19.8 Å². The lowest BCUT2D eigenvalue weighted by atomic mass is 10.1. The average molecular weight is 488 g/mol. The molecule has 34 heavy (non-hydrogen) atoms. The summed E-state index contributed by atoms with van der Waals surface area (Å²) in [5, 5.41) is 22.1. The van der Waals surface area contributed by atoms with Crippen LogP contribution >= 0.6 is 11.6 Å². The maximum absolute atomic E-state index is 11.3. The molecule has 1 N–H and O–H groups in total. The van der Waals surface area contributed by atoms with Gasteiger partial charge in [-0.3, -0.25) is 0 Å². The monoisotopic (exact) mass is 487 g/mol. The van der Waals surface area contributed by atoms with E-state index in [0.29, 0.717) is 35.6 Å². The number of aliphatic carboxylic acids is 1. The average Bonchev–Trinajstić information content (AvgIpc) is 3.32. The first-order valence-electron chi connectivity index (χ1n) is 10.8. The van der Waals surface area contributed by atoms with Crippen LogP contribution in [0.1, 0.15) is 31.7 Å². The minimum Gasteiger partial charge on any atom is -0.487 e. The lowest BCUT2D eigenvalue weighted by molar-refractivity contribution is -0.149. The van der Waals surface area contributed by atoms with Crippen LogP contribution in [0.25, 0.3) is 11.5 Å². The summed E-state index contributed by atoms with van der Waals surface area (Å²) in [7, 11) is 0. The number of halogens is 1. The van der Waals surface area contributed by atoms with E-state index in [9.17, 15) is 9.90 Å². The molecule has 0 aliphatic rings. The van der Waals surface area contributed by atoms with Crippen LogP contribution in [0.15, 0.2) is 58.1 Å². The van der Waals surface area contributed by atoms with E-state index in [1.54, 1.807) is 55.5 Å². The lowest BCUT2D eigenvalue weighted by Gasteiger charge is -2.13. The summed E-state index contributed by atoms with van der Waals surface area (Å²) in [6, 6.07) is 14.1. The highest BCUT2D eigenvalue weighted by Gasteiger charge is 2.19. The summed E-state index contributed by atoms with van der Waals surface area (Å²) < 4.78 is 16.9. The first-order valence-corrected chi connectivity index (χ1v) is 11.2. The second-order valence-corrected chi connectivity index (χ2v) is 7.65. The molecule has 1 unspecified atom stereocenters. The van der Waals surface area contributed by atoms with Gasteiger partial charge >= 0.3 is 5.97 Å². The number of rotatable bonds is 13. The van der Waals surface area contributed by atoms with Crippen LogP contribution in [0.2, 0.25) is 5.02 Å². The summed E-state index contributed by atoms with van der Waals surface area (Å²) >= 11 is 5.94. The third-order valence-electron chi connectivity index (χ3n) is 4.60. The number of benzene rings is 2. The second-order valence-electron chi connectivity index (χ2n) is 7.21. The molecule has 1 heterocycles. The largest absolute Gasteiger partial charge is 0.487 e. The van der Waals surface area contributed by atoms with Crippen LogP contribution < -0.4 is 4.74 Å². The first-order chi connectivity index (χ1) is 16.5. The third-order valence-corrected chi connectivity index (χ3v) is 4.85. The molecule has 1 aromatic heterocycles. The Morgan fingerprint density at radius 1 is 1.12 bits per heavy atom. The molecule has 3 aromatic rings. The minimum atomic E-state index is -0.993. The molecule has 0 bridgehead atoms. The molecule has 180 valence electrons. The highest BCUT2D eigenvalue weighted by molar-refractivity contribution is 6.30. The Labute approximate surface area is 202 Å². The van der Waals surface area contributed by atoms with Crippen molar-refractivity contribution >= 4 is 23.3 Å². The molecule has 0 saturated heterocycles. The predicted molar refractivity (Wildman–Crippen MR) is 126 cm³/mol. The Balaban J connectivity index is 1.68. The lowest BCUT2D eigenvalue weighted by Crippen LogP contribution is -2.26. The van der Waals surface area contributed by atoms with Crippen molar-refractivity contribution in [2.45, 2.75) is 32.8 Å². The topological polar surface area (TPSA) is 116 Å². The fraction of sp³-hybridized carbons (Fsp3) is 0.333. The van der Waals surface area contributed by atoms with Gasteiger partial charge in [0.05, 0.1) is 0 Å². The van der Waals surface area contributed by atoms with Crippen LogP contribution in [-0.4, -0.2) is 52.9 Å². The van der Waals surface area contributed by atoms with E-state index in [1.165, 1.54) is 0 Å². The fourth-order valence-corrected chi connectivity index (χ4v) is 3.02. The summed E-state index contributed by atoms with van der Waals surface area (Å²) in [5.41, 5.74) is 1.88. The number of oxime groups is 1. The molecular weight excluding hydrogens is 462 g/mol. The normalized spacial score (nSPS) is 12.4. The molecule has 0 aliphatic carbocycles. The maximum atomic E-state index is 11.3. The molecule has 0 aliphatic heterocycles. The van der Waals surface area contributed by atoms with Crippen molar-refractivity contribution in [3.63, 3.8) is 0 Å². The molecule has 9 nitrogen and oxygen atoms in total. The Bertz CT molecular complexity index is 1080. The van der Waals surface area contributed by atoms with Gasteiger partial charge in [-0.1, -0.05) is 35.8 Å². The Morgan fingerprint density at radius 2 is 1.85 bits per heavy atom. The Kier molecular flexibility index (Phi) is 9.42. The van der Waals surface area contributed by atoms with Gasteiger partial charge in [-0.25, -0.2) is 4.79 Å².